The predicted molar refractivity (Wildman–Crippen MR) is 89.6 cm³/mol. The Morgan fingerprint density at radius 3 is 2.76 bits per heavy atom. The molecule has 1 unspecified atom stereocenters. The van der Waals surface area contributed by atoms with Crippen LogP contribution in [0.3, 0.4) is 0 Å². The third-order valence-electron chi connectivity index (χ3n) is 4.88. The van der Waals surface area contributed by atoms with Gasteiger partial charge in [0, 0.05) is 6.04 Å². The first-order chi connectivity index (χ1) is 10.3. The zero-order valence-corrected chi connectivity index (χ0v) is 13.7. The molecule has 1 aliphatic rings. The van der Waals surface area contributed by atoms with Gasteiger partial charge in [-0.15, -0.1) is 0 Å². The zero-order chi connectivity index (χ0) is 14.8. The smallest absolute Gasteiger partial charge is 0.178 e. The first kappa shape index (κ1) is 14.6. The van der Waals surface area contributed by atoms with Gasteiger partial charge in [-0.25, -0.2) is 0 Å². The Balaban J connectivity index is 2.09. The van der Waals surface area contributed by atoms with Crippen molar-refractivity contribution in [2.75, 3.05) is 7.11 Å². The number of ether oxygens (including phenoxy) is 1. The quantitative estimate of drug-likeness (QED) is 0.783. The number of hydrogen-bond donors (Lipinski definition) is 1. The van der Waals surface area contributed by atoms with Crippen LogP contribution in [0.15, 0.2) is 18.2 Å². The lowest BCUT2D eigenvalue weighted by atomic mass is 9.83. The monoisotopic (exact) mass is 304 g/mol. The number of nitrogens with one attached hydrogen (secondary N) is 1. The van der Waals surface area contributed by atoms with Crippen molar-refractivity contribution in [1.82, 2.24) is 9.55 Å². The Morgan fingerprint density at radius 2 is 2.10 bits per heavy atom. The molecule has 1 saturated carbocycles. The second-order valence-electron chi connectivity index (χ2n) is 6.03. The summed E-state index contributed by atoms with van der Waals surface area (Å²) in [5, 5.41) is 0. The van der Waals surface area contributed by atoms with Crippen molar-refractivity contribution in [1.29, 1.82) is 0 Å². The number of benzene rings is 1. The van der Waals surface area contributed by atoms with Crippen LogP contribution in [-0.4, -0.2) is 16.7 Å². The highest BCUT2D eigenvalue weighted by Gasteiger charge is 2.26. The standard InChI is InChI=1S/C17H24N2OS/c1-3-13(12-8-5-4-6-9-12)19-14-10-7-11-15(20-2)16(14)18-17(19)21/h7,10-13H,3-6,8-9H2,1-2H3,(H,18,21). The highest BCUT2D eigenvalue weighted by atomic mass is 32.1. The second kappa shape index (κ2) is 6.22. The van der Waals surface area contributed by atoms with Crippen molar-refractivity contribution in [3.05, 3.63) is 23.0 Å². The van der Waals surface area contributed by atoms with Gasteiger partial charge in [-0.05, 0) is 49.5 Å². The molecule has 1 aromatic heterocycles. The molecular formula is C17H24N2OS. The summed E-state index contributed by atoms with van der Waals surface area (Å²) in [5.41, 5.74) is 2.20. The Morgan fingerprint density at radius 1 is 1.33 bits per heavy atom. The number of aromatic amines is 1. The molecule has 0 aliphatic heterocycles. The number of hydrogen-bond acceptors (Lipinski definition) is 2. The summed E-state index contributed by atoms with van der Waals surface area (Å²) in [4.78, 5) is 3.35. The molecule has 3 nitrogen and oxygen atoms in total. The zero-order valence-electron chi connectivity index (χ0n) is 12.9. The van der Waals surface area contributed by atoms with E-state index in [1.165, 1.54) is 37.6 Å². The SMILES string of the molecule is CCC(C1CCCCC1)n1c(=S)[nH]c2c(OC)cccc21. The molecule has 4 heteroatoms. The van der Waals surface area contributed by atoms with Gasteiger partial charge in [0.15, 0.2) is 4.77 Å². The van der Waals surface area contributed by atoms with Crippen LogP contribution >= 0.6 is 12.2 Å². The number of H-pyrrole nitrogens is 1. The summed E-state index contributed by atoms with van der Waals surface area (Å²) in [6, 6.07) is 6.68. The molecule has 0 saturated heterocycles. The Hall–Kier alpha value is -1.29. The van der Waals surface area contributed by atoms with E-state index >= 15 is 0 Å². The molecule has 0 bridgehead atoms. The van der Waals surface area contributed by atoms with Gasteiger partial charge < -0.3 is 14.3 Å². The van der Waals surface area contributed by atoms with Gasteiger partial charge in [-0.3, -0.25) is 0 Å². The van der Waals surface area contributed by atoms with Gasteiger partial charge >= 0.3 is 0 Å². The maximum atomic E-state index is 5.62. The van der Waals surface area contributed by atoms with E-state index < -0.39 is 0 Å². The van der Waals surface area contributed by atoms with Crippen molar-refractivity contribution in [3.8, 4) is 5.75 Å². The number of para-hydroxylation sites is 1. The van der Waals surface area contributed by atoms with E-state index in [1.54, 1.807) is 7.11 Å². The molecule has 114 valence electrons. The number of methoxy groups -OCH3 is 1. The molecule has 3 rings (SSSR count). The van der Waals surface area contributed by atoms with E-state index in [0.717, 1.165) is 28.4 Å². The third-order valence-corrected chi connectivity index (χ3v) is 5.18. The van der Waals surface area contributed by atoms with Crippen LogP contribution < -0.4 is 4.74 Å². The minimum Gasteiger partial charge on any atom is -0.494 e. The van der Waals surface area contributed by atoms with E-state index in [1.807, 2.05) is 12.1 Å². The predicted octanol–water partition coefficient (Wildman–Crippen LogP) is 5.24. The normalized spacial score (nSPS) is 18.0. The molecule has 1 aromatic carbocycles. The molecule has 1 N–H and O–H groups in total. The number of nitrogens with zero attached hydrogens (tertiary/aromatic N) is 1. The maximum absolute atomic E-state index is 5.62. The van der Waals surface area contributed by atoms with Crippen LogP contribution in [0.5, 0.6) is 5.75 Å². The van der Waals surface area contributed by atoms with Gasteiger partial charge in [0.05, 0.1) is 12.6 Å². The van der Waals surface area contributed by atoms with E-state index in [2.05, 4.69) is 22.5 Å². The van der Waals surface area contributed by atoms with Crippen LogP contribution in [0.1, 0.15) is 51.5 Å². The Kier molecular flexibility index (Phi) is 4.34. The van der Waals surface area contributed by atoms with Gasteiger partial charge in [-0.1, -0.05) is 32.3 Å². The molecule has 21 heavy (non-hydrogen) atoms. The third kappa shape index (κ3) is 2.61. The molecule has 0 radical (unpaired) electrons. The number of rotatable bonds is 4. The number of aromatic nitrogens is 2. The molecule has 0 amide bonds. The van der Waals surface area contributed by atoms with Crippen LogP contribution in [-0.2, 0) is 0 Å². The van der Waals surface area contributed by atoms with Crippen molar-refractivity contribution in [2.24, 2.45) is 5.92 Å². The molecule has 1 atom stereocenters. The summed E-state index contributed by atoms with van der Waals surface area (Å²) in [6.45, 7) is 2.28. The molecule has 1 fully saturated rings. The lowest BCUT2D eigenvalue weighted by Gasteiger charge is -2.31. The van der Waals surface area contributed by atoms with Gasteiger partial charge in [0.25, 0.3) is 0 Å². The number of fused-ring (bicyclic) bond motifs is 1. The van der Waals surface area contributed by atoms with Crippen LogP contribution in [0.4, 0.5) is 0 Å². The first-order valence-electron chi connectivity index (χ1n) is 8.03. The topological polar surface area (TPSA) is 29.9 Å². The molecule has 1 aliphatic carbocycles. The average Bonchev–Trinajstić information content (AvgIpc) is 2.86. The largest absolute Gasteiger partial charge is 0.494 e. The lowest BCUT2D eigenvalue weighted by molar-refractivity contribution is 0.245. The van der Waals surface area contributed by atoms with Crippen molar-refractivity contribution < 1.29 is 4.74 Å². The minimum atomic E-state index is 0.499. The fourth-order valence-electron chi connectivity index (χ4n) is 3.87. The highest BCUT2D eigenvalue weighted by molar-refractivity contribution is 7.71. The van der Waals surface area contributed by atoms with Crippen molar-refractivity contribution in [3.63, 3.8) is 0 Å². The molecule has 1 heterocycles. The minimum absolute atomic E-state index is 0.499. The number of imidazole rings is 1. The van der Waals surface area contributed by atoms with Gasteiger partial charge in [-0.2, -0.15) is 0 Å². The van der Waals surface area contributed by atoms with Crippen molar-refractivity contribution >= 4 is 23.3 Å². The van der Waals surface area contributed by atoms with Crippen LogP contribution in [0, 0.1) is 10.7 Å². The van der Waals surface area contributed by atoms with Gasteiger partial charge in [0.2, 0.25) is 0 Å². The molecular weight excluding hydrogens is 280 g/mol. The van der Waals surface area contributed by atoms with Crippen LogP contribution in [0.2, 0.25) is 0 Å². The van der Waals surface area contributed by atoms with Crippen LogP contribution in [0.25, 0.3) is 11.0 Å². The summed E-state index contributed by atoms with van der Waals surface area (Å²) in [7, 11) is 1.71. The average molecular weight is 304 g/mol. The van der Waals surface area contributed by atoms with Gasteiger partial charge in [0.1, 0.15) is 11.3 Å². The maximum Gasteiger partial charge on any atom is 0.178 e. The summed E-state index contributed by atoms with van der Waals surface area (Å²) >= 11 is 5.62. The summed E-state index contributed by atoms with van der Waals surface area (Å²) < 4.78 is 8.63. The highest BCUT2D eigenvalue weighted by Crippen LogP contribution is 2.37. The Labute approximate surface area is 131 Å². The summed E-state index contributed by atoms with van der Waals surface area (Å²) in [6.07, 6.45) is 7.90. The molecule has 0 spiro atoms. The van der Waals surface area contributed by atoms with E-state index in [4.69, 9.17) is 17.0 Å². The fourth-order valence-corrected chi connectivity index (χ4v) is 4.20. The lowest BCUT2D eigenvalue weighted by Crippen LogP contribution is -2.21. The van der Waals surface area contributed by atoms with E-state index in [0.29, 0.717) is 6.04 Å². The first-order valence-corrected chi connectivity index (χ1v) is 8.44. The molecule has 2 aromatic rings. The Bertz CT molecular complexity index is 667. The second-order valence-corrected chi connectivity index (χ2v) is 6.41. The van der Waals surface area contributed by atoms with E-state index in [9.17, 15) is 0 Å². The van der Waals surface area contributed by atoms with E-state index in [-0.39, 0.29) is 0 Å². The fraction of sp³-hybridized carbons (Fsp3) is 0.588. The summed E-state index contributed by atoms with van der Waals surface area (Å²) in [5.74, 6) is 1.62. The van der Waals surface area contributed by atoms with Crippen molar-refractivity contribution in [2.45, 2.75) is 51.5 Å².